The van der Waals surface area contributed by atoms with Crippen LogP contribution in [0.15, 0.2) is 18.7 Å². The normalized spacial score (nSPS) is 23.4. The molecule has 1 fully saturated rings. The van der Waals surface area contributed by atoms with Gasteiger partial charge in [0.25, 0.3) is 0 Å². The van der Waals surface area contributed by atoms with Crippen LogP contribution in [-0.4, -0.2) is 28.7 Å². The maximum atomic E-state index is 5.71. The maximum absolute atomic E-state index is 5.71. The van der Waals surface area contributed by atoms with Crippen LogP contribution in [0.1, 0.15) is 19.8 Å². The zero-order chi connectivity index (χ0) is 9.80. The molecule has 0 bridgehead atoms. The van der Waals surface area contributed by atoms with Crippen LogP contribution in [-0.2, 0) is 0 Å². The van der Waals surface area contributed by atoms with Gasteiger partial charge in [0.05, 0.1) is 12.4 Å². The first-order valence-corrected chi connectivity index (χ1v) is 5.01. The number of nitrogens with one attached hydrogen (secondary N) is 1. The summed E-state index contributed by atoms with van der Waals surface area (Å²) < 4.78 is 5.71. The third-order valence-corrected chi connectivity index (χ3v) is 2.52. The van der Waals surface area contributed by atoms with E-state index in [0.29, 0.717) is 6.04 Å². The quantitative estimate of drug-likeness (QED) is 0.777. The molecule has 4 nitrogen and oxygen atoms in total. The van der Waals surface area contributed by atoms with E-state index in [1.54, 1.807) is 12.4 Å². The van der Waals surface area contributed by atoms with E-state index in [9.17, 15) is 0 Å². The van der Waals surface area contributed by atoms with Crippen molar-refractivity contribution in [1.29, 1.82) is 0 Å². The van der Waals surface area contributed by atoms with E-state index in [4.69, 9.17) is 4.74 Å². The zero-order valence-electron chi connectivity index (χ0n) is 8.31. The minimum absolute atomic E-state index is 0.184. The van der Waals surface area contributed by atoms with Gasteiger partial charge in [-0.25, -0.2) is 9.97 Å². The number of hydrogen-bond acceptors (Lipinski definition) is 4. The predicted molar refractivity (Wildman–Crippen MR) is 53.1 cm³/mol. The number of rotatable bonds is 3. The van der Waals surface area contributed by atoms with E-state index in [1.807, 2.05) is 0 Å². The van der Waals surface area contributed by atoms with E-state index in [0.717, 1.165) is 12.3 Å². The summed E-state index contributed by atoms with van der Waals surface area (Å²) in [6, 6.07) is 0.468. The third kappa shape index (κ3) is 2.20. The minimum Gasteiger partial charge on any atom is -0.486 e. The highest BCUT2D eigenvalue weighted by atomic mass is 16.5. The Labute approximate surface area is 83.7 Å². The van der Waals surface area contributed by atoms with Gasteiger partial charge in [0.2, 0.25) is 0 Å². The first-order chi connectivity index (χ1) is 6.86. The monoisotopic (exact) mass is 193 g/mol. The van der Waals surface area contributed by atoms with Gasteiger partial charge in [0.1, 0.15) is 12.4 Å². The van der Waals surface area contributed by atoms with Crippen LogP contribution in [0.25, 0.3) is 0 Å². The third-order valence-electron chi connectivity index (χ3n) is 2.52. The Bertz CT molecular complexity index is 272. The second kappa shape index (κ2) is 4.37. The average molecular weight is 193 g/mol. The summed E-state index contributed by atoms with van der Waals surface area (Å²) in [7, 11) is 0. The van der Waals surface area contributed by atoms with Crippen LogP contribution in [0.3, 0.4) is 0 Å². The Morgan fingerprint density at radius 3 is 2.93 bits per heavy atom. The fourth-order valence-corrected chi connectivity index (χ4v) is 1.76. The SMILES string of the molecule is CC(Oc1cncnc1)[C@@H]1CCCN1. The minimum atomic E-state index is 0.184. The van der Waals surface area contributed by atoms with Crippen molar-refractivity contribution in [3.8, 4) is 5.75 Å². The second-order valence-corrected chi connectivity index (χ2v) is 3.60. The van der Waals surface area contributed by atoms with Crippen LogP contribution in [0, 0.1) is 0 Å². The van der Waals surface area contributed by atoms with Gasteiger partial charge in [-0.1, -0.05) is 0 Å². The zero-order valence-corrected chi connectivity index (χ0v) is 8.31. The van der Waals surface area contributed by atoms with Crippen LogP contribution in [0.2, 0.25) is 0 Å². The summed E-state index contributed by atoms with van der Waals surface area (Å²) in [5, 5.41) is 3.41. The van der Waals surface area contributed by atoms with Crippen LogP contribution in [0.5, 0.6) is 5.75 Å². The topological polar surface area (TPSA) is 47.0 Å². The molecule has 0 saturated carbocycles. The average Bonchev–Trinajstić information content (AvgIpc) is 2.72. The standard InChI is InChI=1S/C10H15N3O/c1-8(10-3-2-4-13-10)14-9-5-11-7-12-6-9/h5-8,10,13H,2-4H2,1H3/t8?,10-/m0/s1. The lowest BCUT2D eigenvalue weighted by molar-refractivity contribution is 0.178. The largest absolute Gasteiger partial charge is 0.486 e. The van der Waals surface area contributed by atoms with E-state index < -0.39 is 0 Å². The van der Waals surface area contributed by atoms with Crippen molar-refractivity contribution < 1.29 is 4.74 Å². The van der Waals surface area contributed by atoms with Crippen LogP contribution in [0.4, 0.5) is 0 Å². The molecule has 0 aliphatic carbocycles. The molecule has 1 aromatic heterocycles. The number of hydrogen-bond donors (Lipinski definition) is 1. The maximum Gasteiger partial charge on any atom is 0.156 e. The summed E-state index contributed by atoms with van der Waals surface area (Å²) in [5.74, 6) is 0.744. The van der Waals surface area contributed by atoms with Crippen molar-refractivity contribution in [2.75, 3.05) is 6.54 Å². The Morgan fingerprint density at radius 1 is 1.50 bits per heavy atom. The predicted octanol–water partition coefficient (Wildman–Crippen LogP) is 0.996. The molecule has 4 heteroatoms. The Hall–Kier alpha value is -1.16. The molecule has 2 heterocycles. The molecule has 1 saturated heterocycles. The second-order valence-electron chi connectivity index (χ2n) is 3.60. The summed E-state index contributed by atoms with van der Waals surface area (Å²) in [6.07, 6.45) is 7.50. The molecular formula is C10H15N3O. The lowest BCUT2D eigenvalue weighted by Crippen LogP contribution is -2.36. The van der Waals surface area contributed by atoms with Gasteiger partial charge in [-0.3, -0.25) is 0 Å². The van der Waals surface area contributed by atoms with E-state index >= 15 is 0 Å². The van der Waals surface area contributed by atoms with E-state index in [-0.39, 0.29) is 6.10 Å². The highest BCUT2D eigenvalue weighted by Gasteiger charge is 2.22. The highest BCUT2D eigenvalue weighted by Crippen LogP contribution is 2.15. The van der Waals surface area contributed by atoms with Gasteiger partial charge >= 0.3 is 0 Å². The van der Waals surface area contributed by atoms with Gasteiger partial charge in [-0.2, -0.15) is 0 Å². The fraction of sp³-hybridized carbons (Fsp3) is 0.600. The molecule has 2 rings (SSSR count). The molecule has 1 unspecified atom stereocenters. The highest BCUT2D eigenvalue weighted by molar-refractivity contribution is 5.10. The molecule has 0 radical (unpaired) electrons. The molecule has 1 aliphatic heterocycles. The van der Waals surface area contributed by atoms with Crippen molar-refractivity contribution in [2.24, 2.45) is 0 Å². The van der Waals surface area contributed by atoms with Crippen LogP contribution < -0.4 is 10.1 Å². The van der Waals surface area contributed by atoms with Gasteiger partial charge in [-0.05, 0) is 26.3 Å². The Balaban J connectivity index is 1.90. The number of aromatic nitrogens is 2. The summed E-state index contributed by atoms with van der Waals surface area (Å²) >= 11 is 0. The number of ether oxygens (including phenoxy) is 1. The molecule has 0 amide bonds. The van der Waals surface area contributed by atoms with Crippen molar-refractivity contribution in [2.45, 2.75) is 31.9 Å². The Kier molecular flexibility index (Phi) is 2.93. The molecule has 14 heavy (non-hydrogen) atoms. The number of nitrogens with zero attached hydrogens (tertiary/aromatic N) is 2. The van der Waals surface area contributed by atoms with Gasteiger partial charge in [-0.15, -0.1) is 0 Å². The van der Waals surface area contributed by atoms with Crippen molar-refractivity contribution >= 4 is 0 Å². The van der Waals surface area contributed by atoms with E-state index in [2.05, 4.69) is 22.2 Å². The van der Waals surface area contributed by atoms with E-state index in [1.165, 1.54) is 19.2 Å². The van der Waals surface area contributed by atoms with Gasteiger partial charge in [0.15, 0.2) is 5.75 Å². The molecule has 1 aromatic rings. The summed E-state index contributed by atoms with van der Waals surface area (Å²) in [5.41, 5.74) is 0. The Morgan fingerprint density at radius 2 is 2.29 bits per heavy atom. The summed E-state index contributed by atoms with van der Waals surface area (Å²) in [6.45, 7) is 3.18. The lowest BCUT2D eigenvalue weighted by Gasteiger charge is -2.20. The van der Waals surface area contributed by atoms with Gasteiger partial charge < -0.3 is 10.1 Å². The molecule has 0 spiro atoms. The van der Waals surface area contributed by atoms with Crippen molar-refractivity contribution in [3.63, 3.8) is 0 Å². The smallest absolute Gasteiger partial charge is 0.156 e. The van der Waals surface area contributed by atoms with Crippen molar-refractivity contribution in [1.82, 2.24) is 15.3 Å². The molecule has 0 aromatic carbocycles. The van der Waals surface area contributed by atoms with Gasteiger partial charge in [0, 0.05) is 6.04 Å². The molecule has 76 valence electrons. The molecular weight excluding hydrogens is 178 g/mol. The van der Waals surface area contributed by atoms with Crippen LogP contribution >= 0.6 is 0 Å². The molecule has 2 atom stereocenters. The molecule has 1 aliphatic rings. The van der Waals surface area contributed by atoms with Crippen molar-refractivity contribution in [3.05, 3.63) is 18.7 Å². The first-order valence-electron chi connectivity index (χ1n) is 5.01. The summed E-state index contributed by atoms with van der Waals surface area (Å²) in [4.78, 5) is 7.82. The lowest BCUT2D eigenvalue weighted by atomic mass is 10.1. The fourth-order valence-electron chi connectivity index (χ4n) is 1.76. The molecule has 1 N–H and O–H groups in total. The first kappa shape index (κ1) is 9.40.